The Kier molecular flexibility index (Phi) is 7.20. The maximum atomic E-state index is 12.7. The molecule has 0 spiro atoms. The van der Waals surface area contributed by atoms with Gasteiger partial charge in [-0.3, -0.25) is 14.9 Å². The predicted octanol–water partition coefficient (Wildman–Crippen LogP) is 4.54. The van der Waals surface area contributed by atoms with Crippen LogP contribution in [-0.4, -0.2) is 41.4 Å². The van der Waals surface area contributed by atoms with Crippen molar-refractivity contribution < 1.29 is 9.72 Å². The first-order valence-electron chi connectivity index (χ1n) is 9.23. The van der Waals surface area contributed by atoms with E-state index in [9.17, 15) is 14.9 Å². The molecule has 3 rings (SSSR count). The van der Waals surface area contributed by atoms with Gasteiger partial charge >= 0.3 is 0 Å². The molecule has 1 unspecified atom stereocenters. The van der Waals surface area contributed by atoms with E-state index in [1.807, 2.05) is 61.6 Å². The minimum Gasteiger partial charge on any atom is -0.350 e. The molecule has 1 amide bonds. The summed E-state index contributed by atoms with van der Waals surface area (Å²) in [6.45, 7) is 2.26. The highest BCUT2D eigenvalue weighted by Crippen LogP contribution is 2.36. The number of rotatable bonds is 8. The first-order chi connectivity index (χ1) is 14.3. The number of aryl methyl sites for hydroxylation is 1. The molecule has 7 nitrogen and oxygen atoms in total. The molecule has 0 saturated carbocycles. The Hall–Kier alpha value is -2.75. The second-order valence-electron chi connectivity index (χ2n) is 6.90. The van der Waals surface area contributed by atoms with Crippen LogP contribution in [0.2, 0.25) is 0 Å². The van der Waals surface area contributed by atoms with Crippen LogP contribution in [0.1, 0.15) is 27.7 Å². The van der Waals surface area contributed by atoms with Crippen molar-refractivity contribution >= 4 is 34.7 Å². The smallest absolute Gasteiger partial charge is 0.284 e. The van der Waals surface area contributed by atoms with Crippen molar-refractivity contribution in [2.45, 2.75) is 22.2 Å². The zero-order chi connectivity index (χ0) is 21.7. The third-order valence-electron chi connectivity index (χ3n) is 4.48. The molecule has 2 aromatic carbocycles. The Balaban J connectivity index is 1.75. The van der Waals surface area contributed by atoms with Crippen molar-refractivity contribution in [1.82, 2.24) is 15.2 Å². The van der Waals surface area contributed by atoms with Crippen LogP contribution in [0.5, 0.6) is 0 Å². The van der Waals surface area contributed by atoms with Crippen LogP contribution in [0.4, 0.5) is 5.69 Å². The van der Waals surface area contributed by atoms with E-state index < -0.39 is 4.92 Å². The van der Waals surface area contributed by atoms with Gasteiger partial charge in [0.15, 0.2) is 4.34 Å². The average Bonchev–Trinajstić information content (AvgIpc) is 3.13. The molecule has 0 radical (unpaired) electrons. The summed E-state index contributed by atoms with van der Waals surface area (Å²) in [5, 5.41) is 16.4. The van der Waals surface area contributed by atoms with Crippen molar-refractivity contribution in [3.63, 3.8) is 0 Å². The van der Waals surface area contributed by atoms with Crippen molar-refractivity contribution in [3.8, 4) is 0 Å². The van der Waals surface area contributed by atoms with Crippen molar-refractivity contribution in [2.75, 3.05) is 20.6 Å². The number of nitrogens with zero attached hydrogens (tertiary/aromatic N) is 3. The number of nitrogens with one attached hydrogen (secondary N) is 1. The molecule has 0 fully saturated rings. The van der Waals surface area contributed by atoms with E-state index in [1.165, 1.54) is 29.2 Å². The van der Waals surface area contributed by atoms with Crippen LogP contribution in [-0.2, 0) is 0 Å². The zero-order valence-corrected chi connectivity index (χ0v) is 18.5. The van der Waals surface area contributed by atoms with Gasteiger partial charge in [-0.05, 0) is 38.7 Å². The van der Waals surface area contributed by atoms with Gasteiger partial charge in [0, 0.05) is 29.2 Å². The van der Waals surface area contributed by atoms with Crippen molar-refractivity contribution in [3.05, 3.63) is 80.8 Å². The molecule has 0 saturated heterocycles. The molecule has 1 aromatic heterocycles. The van der Waals surface area contributed by atoms with Crippen molar-refractivity contribution in [1.29, 1.82) is 0 Å². The van der Waals surface area contributed by atoms with Gasteiger partial charge in [0.25, 0.3) is 11.6 Å². The highest BCUT2D eigenvalue weighted by Gasteiger charge is 2.21. The summed E-state index contributed by atoms with van der Waals surface area (Å²) in [5.74, 6) is -0.345. The van der Waals surface area contributed by atoms with E-state index in [0.717, 1.165) is 15.6 Å². The molecule has 0 bridgehead atoms. The van der Waals surface area contributed by atoms with Crippen LogP contribution in [0.25, 0.3) is 0 Å². The van der Waals surface area contributed by atoms with Crippen LogP contribution < -0.4 is 5.32 Å². The van der Waals surface area contributed by atoms with Gasteiger partial charge in [0.2, 0.25) is 0 Å². The van der Waals surface area contributed by atoms with E-state index in [-0.39, 0.29) is 23.2 Å². The molecule has 0 aliphatic heterocycles. The fraction of sp³-hybridized carbons (Fsp3) is 0.238. The summed E-state index contributed by atoms with van der Waals surface area (Å²) < 4.78 is 0.726. The quantitative estimate of drug-likeness (QED) is 0.407. The molecule has 0 aliphatic rings. The molecule has 0 aliphatic carbocycles. The summed E-state index contributed by atoms with van der Waals surface area (Å²) in [4.78, 5) is 30.6. The highest BCUT2D eigenvalue weighted by molar-refractivity contribution is 8.01. The number of carbonyl (C=O) groups excluding carboxylic acids is 1. The lowest BCUT2D eigenvalue weighted by molar-refractivity contribution is -0.387. The lowest BCUT2D eigenvalue weighted by atomic mass is 10.1. The molecular formula is C21H22N4O3S2. The average molecular weight is 443 g/mol. The van der Waals surface area contributed by atoms with Crippen LogP contribution in [0.3, 0.4) is 0 Å². The molecule has 1 atom stereocenters. The molecule has 9 heteroatoms. The molecular weight excluding hydrogens is 420 g/mol. The van der Waals surface area contributed by atoms with E-state index in [1.54, 1.807) is 12.1 Å². The topological polar surface area (TPSA) is 88.4 Å². The number of nitro groups is 1. The van der Waals surface area contributed by atoms with Crippen LogP contribution in [0, 0.1) is 17.0 Å². The Morgan fingerprint density at radius 3 is 2.60 bits per heavy atom. The molecule has 1 N–H and O–H groups in total. The van der Waals surface area contributed by atoms with E-state index in [2.05, 4.69) is 10.3 Å². The van der Waals surface area contributed by atoms with Gasteiger partial charge in [-0.25, -0.2) is 4.98 Å². The number of hydrogen-bond acceptors (Lipinski definition) is 7. The number of aromatic nitrogens is 1. The van der Waals surface area contributed by atoms with Gasteiger partial charge in [-0.15, -0.1) is 11.3 Å². The number of likely N-dealkylation sites (N-methyl/N-ethyl adjacent to an activating group) is 1. The minimum atomic E-state index is -0.466. The first-order valence-corrected chi connectivity index (χ1v) is 10.9. The second-order valence-corrected chi connectivity index (χ2v) is 9.04. The molecule has 1 heterocycles. The molecule has 3 aromatic rings. The lowest BCUT2D eigenvalue weighted by Gasteiger charge is -2.25. The number of benzene rings is 2. The second kappa shape index (κ2) is 9.84. The zero-order valence-electron chi connectivity index (χ0n) is 16.9. The number of carbonyl (C=O) groups is 1. The predicted molar refractivity (Wildman–Crippen MR) is 119 cm³/mol. The van der Waals surface area contributed by atoms with Crippen LogP contribution in [0.15, 0.2) is 63.1 Å². The number of thiazole rings is 1. The van der Waals surface area contributed by atoms with E-state index in [0.29, 0.717) is 11.4 Å². The highest BCUT2D eigenvalue weighted by atomic mass is 32.2. The third kappa shape index (κ3) is 5.44. The minimum absolute atomic E-state index is 0.00638. The van der Waals surface area contributed by atoms with Gasteiger partial charge in [-0.1, -0.05) is 42.1 Å². The van der Waals surface area contributed by atoms with E-state index in [4.69, 9.17) is 0 Å². The van der Waals surface area contributed by atoms with E-state index >= 15 is 0 Å². The van der Waals surface area contributed by atoms with Gasteiger partial charge in [-0.2, -0.15) is 0 Å². The van der Waals surface area contributed by atoms with Crippen LogP contribution >= 0.6 is 23.1 Å². The fourth-order valence-electron chi connectivity index (χ4n) is 2.93. The summed E-state index contributed by atoms with van der Waals surface area (Å²) in [6, 6.07) is 14.4. The summed E-state index contributed by atoms with van der Waals surface area (Å²) in [5.41, 5.74) is 2.11. The summed E-state index contributed by atoms with van der Waals surface area (Å²) >= 11 is 2.66. The Bertz CT molecular complexity index is 1040. The standard InChI is InChI=1S/C21H22N4O3S2/c1-14-13-29-21(23-14)30-19-10-9-16(11-17(19)25(27)28)20(26)22-12-18(24(2)3)15-7-5-4-6-8-15/h4-11,13,18H,12H2,1-3H3,(H,22,26). The lowest BCUT2D eigenvalue weighted by Crippen LogP contribution is -2.34. The third-order valence-corrected chi connectivity index (χ3v) is 6.60. The molecule has 156 valence electrons. The first kappa shape index (κ1) is 21.9. The number of hydrogen-bond donors (Lipinski definition) is 1. The normalized spacial score (nSPS) is 12.0. The monoisotopic (exact) mass is 442 g/mol. The van der Waals surface area contributed by atoms with Gasteiger partial charge < -0.3 is 10.2 Å². The Morgan fingerprint density at radius 1 is 1.27 bits per heavy atom. The Morgan fingerprint density at radius 2 is 2.00 bits per heavy atom. The maximum absolute atomic E-state index is 12.7. The fourth-order valence-corrected chi connectivity index (χ4v) is 4.80. The summed E-state index contributed by atoms with van der Waals surface area (Å²) in [6.07, 6.45) is 0. The number of nitro benzene ring substituents is 1. The molecule has 30 heavy (non-hydrogen) atoms. The SMILES string of the molecule is Cc1csc(Sc2ccc(C(=O)NCC(c3ccccc3)N(C)C)cc2[N+](=O)[O-])n1. The number of amides is 1. The maximum Gasteiger partial charge on any atom is 0.284 e. The van der Waals surface area contributed by atoms with Gasteiger partial charge in [0.05, 0.1) is 15.9 Å². The van der Waals surface area contributed by atoms with Gasteiger partial charge in [0.1, 0.15) is 0 Å². The Labute approximate surface area is 183 Å². The largest absolute Gasteiger partial charge is 0.350 e. The van der Waals surface area contributed by atoms with Crippen molar-refractivity contribution in [2.24, 2.45) is 0 Å². The summed E-state index contributed by atoms with van der Waals surface area (Å²) in [7, 11) is 3.89.